The first-order valence-electron chi connectivity index (χ1n) is 5.78. The topological polar surface area (TPSA) is 33.1 Å². The van der Waals surface area contributed by atoms with Gasteiger partial charge in [0, 0.05) is 17.5 Å². The Morgan fingerprint density at radius 2 is 2.11 bits per heavy atom. The number of hydrogen-bond donors (Lipinski definition) is 1. The van der Waals surface area contributed by atoms with Gasteiger partial charge in [0.2, 0.25) is 0 Å². The number of aryl methyl sites for hydroxylation is 2. The maximum Gasteiger partial charge on any atom is 0.126 e. The minimum absolute atomic E-state index is 0.289. The number of hydrogen-bond acceptors (Lipinski definition) is 3. The fraction of sp³-hybridized carbons (Fsp3) is 0.357. The number of nitrogens with zero attached hydrogens (tertiary/aromatic N) is 1. The first-order valence-corrected chi connectivity index (χ1v) is 6.66. The van der Waals surface area contributed by atoms with Gasteiger partial charge in [-0.3, -0.25) is 0 Å². The fourth-order valence-corrected chi connectivity index (χ4v) is 2.73. The lowest BCUT2D eigenvalue weighted by molar-refractivity contribution is 0.0572. The van der Waals surface area contributed by atoms with Crippen molar-refractivity contribution in [3.8, 4) is 0 Å². The summed E-state index contributed by atoms with van der Waals surface area (Å²) in [6, 6.07) is 4.85. The molecule has 2 nitrogen and oxygen atoms in total. The van der Waals surface area contributed by atoms with Crippen LogP contribution in [-0.4, -0.2) is 10.1 Å². The van der Waals surface area contributed by atoms with Crippen molar-refractivity contribution in [2.24, 2.45) is 0 Å². The number of aliphatic hydroxyl groups is 1. The molecular formula is C14H16FNOS. The highest BCUT2D eigenvalue weighted by Crippen LogP contribution is 2.27. The minimum atomic E-state index is -1.10. The molecule has 1 aromatic carbocycles. The van der Waals surface area contributed by atoms with E-state index < -0.39 is 5.60 Å². The molecule has 1 atom stereocenters. The molecule has 1 unspecified atom stereocenters. The van der Waals surface area contributed by atoms with E-state index in [0.717, 1.165) is 10.7 Å². The second-order valence-corrected chi connectivity index (χ2v) is 5.74. The van der Waals surface area contributed by atoms with Crippen molar-refractivity contribution in [1.29, 1.82) is 0 Å². The van der Waals surface area contributed by atoms with E-state index in [0.29, 0.717) is 17.5 Å². The van der Waals surface area contributed by atoms with E-state index in [1.54, 1.807) is 26.0 Å². The van der Waals surface area contributed by atoms with Gasteiger partial charge < -0.3 is 5.11 Å². The van der Waals surface area contributed by atoms with E-state index in [9.17, 15) is 9.50 Å². The Kier molecular flexibility index (Phi) is 3.50. The molecule has 0 aliphatic rings. The van der Waals surface area contributed by atoms with E-state index in [2.05, 4.69) is 4.98 Å². The third kappa shape index (κ3) is 2.76. The van der Waals surface area contributed by atoms with Crippen LogP contribution in [0.5, 0.6) is 0 Å². The predicted octanol–water partition coefficient (Wildman–Crippen LogP) is 3.35. The Bertz CT molecular complexity index is 563. The number of benzene rings is 1. The molecule has 2 rings (SSSR count). The summed E-state index contributed by atoms with van der Waals surface area (Å²) >= 11 is 1.51. The van der Waals surface area contributed by atoms with E-state index in [4.69, 9.17) is 0 Å². The number of aromatic nitrogens is 1. The third-order valence-electron chi connectivity index (χ3n) is 2.96. The van der Waals surface area contributed by atoms with Crippen molar-refractivity contribution in [2.75, 3.05) is 0 Å². The Hall–Kier alpha value is -1.26. The predicted molar refractivity (Wildman–Crippen MR) is 71.3 cm³/mol. The van der Waals surface area contributed by atoms with Gasteiger partial charge in [0.25, 0.3) is 0 Å². The fourth-order valence-electron chi connectivity index (χ4n) is 1.81. The summed E-state index contributed by atoms with van der Waals surface area (Å²) in [5.74, 6) is -0.289. The standard InChI is InChI=1S/C14H16FNOS/c1-9-4-5-11(6-12(9)15)14(3,17)7-13-16-10(2)8-18-13/h4-6,8,17H,7H2,1-3H3. The Labute approximate surface area is 110 Å². The van der Waals surface area contributed by atoms with E-state index in [-0.39, 0.29) is 5.82 Å². The highest BCUT2D eigenvalue weighted by atomic mass is 32.1. The van der Waals surface area contributed by atoms with Crippen LogP contribution < -0.4 is 0 Å². The molecule has 0 radical (unpaired) electrons. The quantitative estimate of drug-likeness (QED) is 0.923. The molecule has 0 bridgehead atoms. The average molecular weight is 265 g/mol. The molecule has 4 heteroatoms. The van der Waals surface area contributed by atoms with Crippen molar-refractivity contribution in [1.82, 2.24) is 4.98 Å². The zero-order valence-electron chi connectivity index (χ0n) is 10.7. The van der Waals surface area contributed by atoms with E-state index in [1.165, 1.54) is 17.4 Å². The molecule has 0 aliphatic heterocycles. The molecule has 1 aromatic heterocycles. The first kappa shape index (κ1) is 13.2. The summed E-state index contributed by atoms with van der Waals surface area (Å²) in [5.41, 5.74) is 1.01. The largest absolute Gasteiger partial charge is 0.385 e. The van der Waals surface area contributed by atoms with Crippen LogP contribution in [0.15, 0.2) is 23.6 Å². The number of rotatable bonds is 3. The maximum atomic E-state index is 13.5. The van der Waals surface area contributed by atoms with Gasteiger partial charge in [0.1, 0.15) is 5.82 Å². The van der Waals surface area contributed by atoms with Crippen molar-refractivity contribution in [2.45, 2.75) is 32.8 Å². The molecular weight excluding hydrogens is 249 g/mol. The summed E-state index contributed by atoms with van der Waals surface area (Å²) in [4.78, 5) is 4.33. The third-order valence-corrected chi connectivity index (χ3v) is 3.92. The van der Waals surface area contributed by atoms with Crippen LogP contribution in [0.4, 0.5) is 4.39 Å². The number of halogens is 1. The molecule has 0 saturated heterocycles. The smallest absolute Gasteiger partial charge is 0.126 e. The van der Waals surface area contributed by atoms with Crippen LogP contribution in [0.25, 0.3) is 0 Å². The Morgan fingerprint density at radius 3 is 2.67 bits per heavy atom. The summed E-state index contributed by atoms with van der Waals surface area (Å²) in [7, 11) is 0. The van der Waals surface area contributed by atoms with Gasteiger partial charge in [-0.25, -0.2) is 9.37 Å². The Balaban J connectivity index is 2.26. The zero-order chi connectivity index (χ0) is 13.3. The lowest BCUT2D eigenvalue weighted by Crippen LogP contribution is -2.24. The summed E-state index contributed by atoms with van der Waals surface area (Å²) in [6.45, 7) is 5.31. The first-order chi connectivity index (χ1) is 8.38. The molecule has 0 amide bonds. The highest BCUT2D eigenvalue weighted by molar-refractivity contribution is 7.09. The van der Waals surface area contributed by atoms with Gasteiger partial charge in [0.15, 0.2) is 0 Å². The van der Waals surface area contributed by atoms with Gasteiger partial charge in [-0.05, 0) is 38.0 Å². The van der Waals surface area contributed by atoms with Crippen LogP contribution in [0.2, 0.25) is 0 Å². The van der Waals surface area contributed by atoms with Crippen LogP contribution in [-0.2, 0) is 12.0 Å². The number of thiazole rings is 1. The monoisotopic (exact) mass is 265 g/mol. The Morgan fingerprint density at radius 1 is 1.39 bits per heavy atom. The lowest BCUT2D eigenvalue weighted by Gasteiger charge is -2.23. The van der Waals surface area contributed by atoms with E-state index in [1.807, 2.05) is 12.3 Å². The normalized spacial score (nSPS) is 14.5. The SMILES string of the molecule is Cc1csc(CC(C)(O)c2ccc(C)c(F)c2)n1. The van der Waals surface area contributed by atoms with E-state index >= 15 is 0 Å². The van der Waals surface area contributed by atoms with Crippen molar-refractivity contribution in [3.63, 3.8) is 0 Å². The maximum absolute atomic E-state index is 13.5. The second kappa shape index (κ2) is 4.78. The van der Waals surface area contributed by atoms with Crippen molar-refractivity contribution in [3.05, 3.63) is 51.2 Å². The molecule has 1 N–H and O–H groups in total. The van der Waals surface area contributed by atoms with Crippen LogP contribution in [0.3, 0.4) is 0 Å². The van der Waals surface area contributed by atoms with Gasteiger partial charge in [-0.15, -0.1) is 11.3 Å². The lowest BCUT2D eigenvalue weighted by atomic mass is 9.92. The van der Waals surface area contributed by atoms with Crippen molar-refractivity contribution < 1.29 is 9.50 Å². The zero-order valence-corrected chi connectivity index (χ0v) is 11.5. The van der Waals surface area contributed by atoms with Gasteiger partial charge >= 0.3 is 0 Å². The molecule has 1 heterocycles. The molecule has 96 valence electrons. The summed E-state index contributed by atoms with van der Waals surface area (Å²) in [5, 5.41) is 13.3. The van der Waals surface area contributed by atoms with Crippen molar-refractivity contribution >= 4 is 11.3 Å². The van der Waals surface area contributed by atoms with Gasteiger partial charge in [0.05, 0.1) is 10.6 Å². The molecule has 2 aromatic rings. The second-order valence-electron chi connectivity index (χ2n) is 4.80. The molecule has 0 fully saturated rings. The van der Waals surface area contributed by atoms with Gasteiger partial charge in [-0.1, -0.05) is 12.1 Å². The molecule has 0 saturated carbocycles. The van der Waals surface area contributed by atoms with Crippen LogP contribution in [0, 0.1) is 19.7 Å². The molecule has 18 heavy (non-hydrogen) atoms. The molecule has 0 spiro atoms. The average Bonchev–Trinajstić information content (AvgIpc) is 2.67. The molecule has 0 aliphatic carbocycles. The minimum Gasteiger partial charge on any atom is -0.385 e. The van der Waals surface area contributed by atoms with Crippen LogP contribution >= 0.6 is 11.3 Å². The van der Waals surface area contributed by atoms with Crippen LogP contribution in [0.1, 0.15) is 28.8 Å². The summed E-state index contributed by atoms with van der Waals surface area (Å²) < 4.78 is 13.5. The summed E-state index contributed by atoms with van der Waals surface area (Å²) in [6.07, 6.45) is 0.397. The highest BCUT2D eigenvalue weighted by Gasteiger charge is 2.25. The van der Waals surface area contributed by atoms with Gasteiger partial charge in [-0.2, -0.15) is 0 Å².